The van der Waals surface area contributed by atoms with Crippen molar-refractivity contribution in [2.45, 2.75) is 19.9 Å². The number of methoxy groups -OCH3 is 1. The summed E-state index contributed by atoms with van der Waals surface area (Å²) in [5.74, 6) is 0.949. The van der Waals surface area contributed by atoms with E-state index in [0.29, 0.717) is 17.9 Å². The van der Waals surface area contributed by atoms with Crippen LogP contribution in [0.25, 0.3) is 5.69 Å². The van der Waals surface area contributed by atoms with Crippen molar-refractivity contribution in [1.29, 1.82) is 5.26 Å². The van der Waals surface area contributed by atoms with E-state index < -0.39 is 0 Å². The SMILES string of the molecule is CCN(CC(=O)Nc1c(C#N)cnn1-c1ccccc1)C(C)c1cccc(OC)c1. The quantitative estimate of drug-likeness (QED) is 0.619. The fourth-order valence-corrected chi connectivity index (χ4v) is 3.31. The number of carbonyl (C=O) groups excluding carboxylic acids is 1. The van der Waals surface area contributed by atoms with Gasteiger partial charge in [-0.3, -0.25) is 9.69 Å². The van der Waals surface area contributed by atoms with Gasteiger partial charge in [-0.25, -0.2) is 4.68 Å². The zero-order valence-electron chi connectivity index (χ0n) is 17.4. The number of carbonyl (C=O) groups is 1. The number of hydrogen-bond acceptors (Lipinski definition) is 5. The Morgan fingerprint density at radius 3 is 2.70 bits per heavy atom. The molecule has 1 N–H and O–H groups in total. The van der Waals surface area contributed by atoms with Crippen LogP contribution in [0.1, 0.15) is 31.0 Å². The lowest BCUT2D eigenvalue weighted by atomic mass is 10.1. The molecule has 1 unspecified atom stereocenters. The molecule has 0 saturated heterocycles. The summed E-state index contributed by atoms with van der Waals surface area (Å²) in [6.07, 6.45) is 1.46. The van der Waals surface area contributed by atoms with Gasteiger partial charge < -0.3 is 10.1 Å². The van der Waals surface area contributed by atoms with Crippen molar-refractivity contribution < 1.29 is 9.53 Å². The van der Waals surface area contributed by atoms with Crippen LogP contribution >= 0.6 is 0 Å². The molecule has 0 aliphatic rings. The molecule has 2 aromatic carbocycles. The largest absolute Gasteiger partial charge is 0.497 e. The minimum atomic E-state index is -0.208. The van der Waals surface area contributed by atoms with Gasteiger partial charge in [0.05, 0.1) is 25.5 Å². The predicted octanol–water partition coefficient (Wildman–Crippen LogP) is 3.77. The molecule has 1 heterocycles. The number of ether oxygens (including phenoxy) is 1. The molecule has 30 heavy (non-hydrogen) atoms. The minimum Gasteiger partial charge on any atom is -0.497 e. The van der Waals surface area contributed by atoms with Crippen molar-refractivity contribution in [3.8, 4) is 17.5 Å². The molecular formula is C23H25N5O2. The van der Waals surface area contributed by atoms with Crippen LogP contribution < -0.4 is 10.1 Å². The highest BCUT2D eigenvalue weighted by atomic mass is 16.5. The number of aromatic nitrogens is 2. The normalized spacial score (nSPS) is 11.7. The Morgan fingerprint density at radius 2 is 2.03 bits per heavy atom. The van der Waals surface area contributed by atoms with E-state index in [1.54, 1.807) is 11.8 Å². The summed E-state index contributed by atoms with van der Waals surface area (Å²) in [5.41, 5.74) is 2.15. The molecule has 154 valence electrons. The van der Waals surface area contributed by atoms with E-state index in [-0.39, 0.29) is 18.5 Å². The first-order valence-corrected chi connectivity index (χ1v) is 9.78. The summed E-state index contributed by atoms with van der Waals surface area (Å²) in [4.78, 5) is 14.9. The maximum atomic E-state index is 12.9. The molecule has 0 radical (unpaired) electrons. The Morgan fingerprint density at radius 1 is 1.27 bits per heavy atom. The van der Waals surface area contributed by atoms with Crippen LogP contribution in [-0.4, -0.2) is 40.8 Å². The minimum absolute atomic E-state index is 0.0188. The number of nitriles is 1. The van der Waals surface area contributed by atoms with E-state index in [1.807, 2.05) is 61.5 Å². The predicted molar refractivity (Wildman–Crippen MR) is 116 cm³/mol. The average molecular weight is 403 g/mol. The summed E-state index contributed by atoms with van der Waals surface area (Å²) in [5, 5.41) is 16.6. The Hall–Kier alpha value is -3.63. The zero-order chi connectivity index (χ0) is 21.5. The van der Waals surface area contributed by atoms with Crippen molar-refractivity contribution in [3.63, 3.8) is 0 Å². The van der Waals surface area contributed by atoms with Gasteiger partial charge in [-0.05, 0) is 43.3 Å². The first-order valence-electron chi connectivity index (χ1n) is 9.78. The second kappa shape index (κ2) is 9.72. The van der Waals surface area contributed by atoms with Gasteiger partial charge in [0, 0.05) is 6.04 Å². The second-order valence-corrected chi connectivity index (χ2v) is 6.83. The van der Waals surface area contributed by atoms with Crippen LogP contribution in [0.15, 0.2) is 60.8 Å². The van der Waals surface area contributed by atoms with Crippen molar-refractivity contribution in [2.24, 2.45) is 0 Å². The van der Waals surface area contributed by atoms with Gasteiger partial charge in [0.15, 0.2) is 5.82 Å². The molecule has 3 aromatic rings. The van der Waals surface area contributed by atoms with Gasteiger partial charge in [-0.2, -0.15) is 10.4 Å². The molecule has 7 nitrogen and oxygen atoms in total. The molecule has 0 aliphatic carbocycles. The summed E-state index contributed by atoms with van der Waals surface area (Å²) in [6.45, 7) is 4.94. The van der Waals surface area contributed by atoms with Crippen LogP contribution in [-0.2, 0) is 4.79 Å². The van der Waals surface area contributed by atoms with E-state index in [1.165, 1.54) is 6.20 Å². The monoisotopic (exact) mass is 403 g/mol. The highest BCUT2D eigenvalue weighted by molar-refractivity contribution is 5.93. The summed E-state index contributed by atoms with van der Waals surface area (Å²) < 4.78 is 6.88. The topological polar surface area (TPSA) is 83.2 Å². The van der Waals surface area contributed by atoms with Crippen LogP contribution in [0, 0.1) is 11.3 Å². The summed E-state index contributed by atoms with van der Waals surface area (Å²) >= 11 is 0. The van der Waals surface area contributed by atoms with Crippen LogP contribution in [0.2, 0.25) is 0 Å². The van der Waals surface area contributed by atoms with E-state index in [9.17, 15) is 10.1 Å². The number of rotatable bonds is 8. The Kier molecular flexibility index (Phi) is 6.83. The third-order valence-electron chi connectivity index (χ3n) is 5.03. The molecule has 7 heteroatoms. The molecule has 1 amide bonds. The third-order valence-corrected chi connectivity index (χ3v) is 5.03. The highest BCUT2D eigenvalue weighted by Gasteiger charge is 2.20. The zero-order valence-corrected chi connectivity index (χ0v) is 17.4. The van der Waals surface area contributed by atoms with Gasteiger partial charge in [0.1, 0.15) is 17.4 Å². The molecule has 0 fully saturated rings. The van der Waals surface area contributed by atoms with Crippen molar-refractivity contribution in [1.82, 2.24) is 14.7 Å². The van der Waals surface area contributed by atoms with Gasteiger partial charge in [-0.1, -0.05) is 37.3 Å². The smallest absolute Gasteiger partial charge is 0.239 e. The first kappa shape index (κ1) is 21.1. The first-order chi connectivity index (χ1) is 14.6. The van der Waals surface area contributed by atoms with Crippen molar-refractivity contribution in [3.05, 3.63) is 71.9 Å². The molecule has 0 spiro atoms. The fourth-order valence-electron chi connectivity index (χ4n) is 3.31. The number of anilines is 1. The number of nitrogens with zero attached hydrogens (tertiary/aromatic N) is 4. The number of para-hydroxylation sites is 1. The number of amides is 1. The van der Waals surface area contributed by atoms with Crippen LogP contribution in [0.4, 0.5) is 5.82 Å². The van der Waals surface area contributed by atoms with Gasteiger partial charge in [-0.15, -0.1) is 0 Å². The molecule has 0 aliphatic heterocycles. The number of benzene rings is 2. The Labute approximate surface area is 176 Å². The lowest BCUT2D eigenvalue weighted by Gasteiger charge is -2.27. The van der Waals surface area contributed by atoms with Crippen molar-refractivity contribution in [2.75, 3.05) is 25.5 Å². The lowest BCUT2D eigenvalue weighted by molar-refractivity contribution is -0.117. The van der Waals surface area contributed by atoms with E-state index in [4.69, 9.17) is 4.74 Å². The third kappa shape index (κ3) is 4.67. The molecule has 0 saturated carbocycles. The lowest BCUT2D eigenvalue weighted by Crippen LogP contribution is -2.35. The molecule has 0 bridgehead atoms. The number of hydrogen-bond donors (Lipinski definition) is 1. The Bertz CT molecular complexity index is 1040. The van der Waals surface area contributed by atoms with Crippen LogP contribution in [0.3, 0.4) is 0 Å². The number of likely N-dealkylation sites (N-methyl/N-ethyl adjacent to an activating group) is 1. The van der Waals surface area contributed by atoms with Crippen molar-refractivity contribution >= 4 is 11.7 Å². The van der Waals surface area contributed by atoms with Gasteiger partial charge >= 0.3 is 0 Å². The molecule has 1 aromatic heterocycles. The van der Waals surface area contributed by atoms with Crippen LogP contribution in [0.5, 0.6) is 5.75 Å². The average Bonchev–Trinajstić information content (AvgIpc) is 3.19. The highest BCUT2D eigenvalue weighted by Crippen LogP contribution is 2.24. The fraction of sp³-hybridized carbons (Fsp3) is 0.261. The van der Waals surface area contributed by atoms with E-state index in [2.05, 4.69) is 28.3 Å². The summed E-state index contributed by atoms with van der Waals surface area (Å²) in [6, 6.07) is 19.3. The summed E-state index contributed by atoms with van der Waals surface area (Å²) in [7, 11) is 1.64. The van der Waals surface area contributed by atoms with E-state index in [0.717, 1.165) is 17.0 Å². The second-order valence-electron chi connectivity index (χ2n) is 6.83. The van der Waals surface area contributed by atoms with Gasteiger partial charge in [0.25, 0.3) is 0 Å². The molecular weight excluding hydrogens is 378 g/mol. The molecule has 3 rings (SSSR count). The maximum Gasteiger partial charge on any atom is 0.239 e. The standard InChI is InChI=1S/C23H25N5O2/c1-4-27(17(2)18-9-8-12-21(13-18)30-3)16-22(29)26-23-19(14-24)15-25-28(23)20-10-6-5-7-11-20/h5-13,15,17H,4,16H2,1-3H3,(H,26,29). The van der Waals surface area contributed by atoms with E-state index >= 15 is 0 Å². The Balaban J connectivity index is 1.77. The van der Waals surface area contributed by atoms with Gasteiger partial charge in [0.2, 0.25) is 5.91 Å². The molecule has 1 atom stereocenters. The maximum absolute atomic E-state index is 12.9. The number of nitrogens with one attached hydrogen (secondary N) is 1.